The molecule has 2 rings (SSSR count). The van der Waals surface area contributed by atoms with Crippen LogP contribution in [-0.2, 0) is 0 Å². The van der Waals surface area contributed by atoms with Crippen LogP contribution in [0.4, 0.5) is 4.39 Å². The number of nitrogens with one attached hydrogen (secondary N) is 1. The molecule has 3 nitrogen and oxygen atoms in total. The summed E-state index contributed by atoms with van der Waals surface area (Å²) in [6.45, 7) is 5.42. The van der Waals surface area contributed by atoms with E-state index in [1.165, 1.54) is 12.3 Å². The Morgan fingerprint density at radius 1 is 1.53 bits per heavy atom. The Morgan fingerprint density at radius 3 is 2.76 bits per heavy atom. The van der Waals surface area contributed by atoms with E-state index in [0.717, 1.165) is 19.4 Å². The van der Waals surface area contributed by atoms with Gasteiger partial charge in [-0.3, -0.25) is 0 Å². The number of rotatable bonds is 5. The van der Waals surface area contributed by atoms with E-state index in [4.69, 9.17) is 4.74 Å². The summed E-state index contributed by atoms with van der Waals surface area (Å²) in [7, 11) is 0. The minimum Gasteiger partial charge on any atom is -0.487 e. The van der Waals surface area contributed by atoms with Crippen LogP contribution in [0.15, 0.2) is 18.3 Å². The van der Waals surface area contributed by atoms with Crippen molar-refractivity contribution in [3.63, 3.8) is 0 Å². The molecule has 0 amide bonds. The lowest BCUT2D eigenvalue weighted by Crippen LogP contribution is -2.53. The number of ether oxygens (including phenoxy) is 1. The largest absolute Gasteiger partial charge is 0.487 e. The van der Waals surface area contributed by atoms with Gasteiger partial charge in [-0.1, -0.05) is 13.8 Å². The van der Waals surface area contributed by atoms with E-state index in [2.05, 4.69) is 24.1 Å². The van der Waals surface area contributed by atoms with Crippen molar-refractivity contribution in [2.75, 3.05) is 6.54 Å². The average molecular weight is 238 g/mol. The molecule has 1 fully saturated rings. The zero-order chi connectivity index (χ0) is 12.3. The highest BCUT2D eigenvalue weighted by molar-refractivity contribution is 5.17. The fourth-order valence-electron chi connectivity index (χ4n) is 1.99. The molecule has 1 saturated heterocycles. The lowest BCUT2D eigenvalue weighted by atomic mass is 9.93. The Morgan fingerprint density at radius 2 is 2.29 bits per heavy atom. The van der Waals surface area contributed by atoms with E-state index in [1.807, 2.05) is 0 Å². The highest BCUT2D eigenvalue weighted by Gasteiger charge is 2.28. The molecule has 2 heterocycles. The molecule has 1 aliphatic heterocycles. The van der Waals surface area contributed by atoms with E-state index in [9.17, 15) is 4.39 Å². The molecule has 1 aromatic heterocycles. The summed E-state index contributed by atoms with van der Waals surface area (Å²) in [5.41, 5.74) is 0. The second-order valence-corrected chi connectivity index (χ2v) is 4.95. The molecule has 0 aromatic carbocycles. The Bertz CT molecular complexity index is 349. The van der Waals surface area contributed by atoms with Gasteiger partial charge < -0.3 is 10.1 Å². The summed E-state index contributed by atoms with van der Waals surface area (Å²) >= 11 is 0. The molecule has 0 spiro atoms. The van der Waals surface area contributed by atoms with Gasteiger partial charge in [0.2, 0.25) is 5.95 Å². The van der Waals surface area contributed by atoms with Crippen molar-refractivity contribution in [3.8, 4) is 5.75 Å². The van der Waals surface area contributed by atoms with E-state index >= 15 is 0 Å². The Hall–Kier alpha value is -1.16. The molecular weight excluding hydrogens is 219 g/mol. The van der Waals surface area contributed by atoms with Gasteiger partial charge in [0.15, 0.2) is 0 Å². The number of hydrogen-bond donors (Lipinski definition) is 1. The maximum atomic E-state index is 12.7. The van der Waals surface area contributed by atoms with Crippen LogP contribution in [0, 0.1) is 11.9 Å². The standard InChI is InChI=1S/C13H19FN2O/c1-9(2)7-12(11-5-6-15-11)17-10-3-4-13(14)16-8-10/h3-4,8-9,11-12,15H,5-7H2,1-2H3/t11-,12?/m0/s1. The molecule has 0 saturated carbocycles. The van der Waals surface area contributed by atoms with Crippen LogP contribution in [0.25, 0.3) is 0 Å². The number of aromatic nitrogens is 1. The van der Waals surface area contributed by atoms with Gasteiger partial charge in [-0.05, 0) is 37.4 Å². The quantitative estimate of drug-likeness (QED) is 0.800. The predicted octanol–water partition coefficient (Wildman–Crippen LogP) is 2.38. The summed E-state index contributed by atoms with van der Waals surface area (Å²) < 4.78 is 18.6. The van der Waals surface area contributed by atoms with Gasteiger partial charge in [-0.25, -0.2) is 4.98 Å². The van der Waals surface area contributed by atoms with Gasteiger partial charge in [0.05, 0.1) is 6.20 Å². The SMILES string of the molecule is CC(C)CC(Oc1ccc(F)nc1)[C@@H]1CCN1. The highest BCUT2D eigenvalue weighted by atomic mass is 19.1. The minimum atomic E-state index is -0.473. The van der Waals surface area contributed by atoms with Crippen molar-refractivity contribution in [3.05, 3.63) is 24.3 Å². The summed E-state index contributed by atoms with van der Waals surface area (Å²) in [4.78, 5) is 3.60. The van der Waals surface area contributed by atoms with Gasteiger partial charge >= 0.3 is 0 Å². The van der Waals surface area contributed by atoms with E-state index in [1.54, 1.807) is 6.07 Å². The third kappa shape index (κ3) is 3.40. The lowest BCUT2D eigenvalue weighted by molar-refractivity contribution is 0.0979. The summed E-state index contributed by atoms with van der Waals surface area (Å²) in [5, 5.41) is 3.36. The fourth-order valence-corrected chi connectivity index (χ4v) is 1.99. The number of pyridine rings is 1. The van der Waals surface area contributed by atoms with Crippen LogP contribution in [-0.4, -0.2) is 23.7 Å². The summed E-state index contributed by atoms with van der Waals surface area (Å²) in [6, 6.07) is 3.38. The van der Waals surface area contributed by atoms with Crippen LogP contribution in [0.2, 0.25) is 0 Å². The molecule has 17 heavy (non-hydrogen) atoms. The fraction of sp³-hybridized carbons (Fsp3) is 0.615. The number of nitrogens with zero attached hydrogens (tertiary/aromatic N) is 1. The van der Waals surface area contributed by atoms with Crippen LogP contribution in [0.5, 0.6) is 5.75 Å². The van der Waals surface area contributed by atoms with E-state index < -0.39 is 5.95 Å². The number of halogens is 1. The summed E-state index contributed by atoms with van der Waals surface area (Å²) in [6.07, 6.45) is 3.73. The van der Waals surface area contributed by atoms with Gasteiger partial charge in [0, 0.05) is 6.04 Å². The first-order valence-corrected chi connectivity index (χ1v) is 6.16. The second-order valence-electron chi connectivity index (χ2n) is 4.95. The number of hydrogen-bond acceptors (Lipinski definition) is 3. The smallest absolute Gasteiger partial charge is 0.213 e. The normalized spacial score (nSPS) is 21.1. The van der Waals surface area contributed by atoms with Crippen molar-refractivity contribution in [2.24, 2.45) is 5.92 Å². The van der Waals surface area contributed by atoms with Crippen molar-refractivity contribution in [2.45, 2.75) is 38.8 Å². The zero-order valence-corrected chi connectivity index (χ0v) is 10.3. The topological polar surface area (TPSA) is 34.1 Å². The average Bonchev–Trinajstić information content (AvgIpc) is 2.18. The highest BCUT2D eigenvalue weighted by Crippen LogP contribution is 2.21. The van der Waals surface area contributed by atoms with Crippen LogP contribution >= 0.6 is 0 Å². The lowest BCUT2D eigenvalue weighted by Gasteiger charge is -2.36. The van der Waals surface area contributed by atoms with Crippen molar-refractivity contribution in [1.82, 2.24) is 10.3 Å². The molecule has 1 aliphatic rings. The molecule has 1 N–H and O–H groups in total. The van der Waals surface area contributed by atoms with Gasteiger partial charge in [0.25, 0.3) is 0 Å². The molecular formula is C13H19FN2O. The van der Waals surface area contributed by atoms with Crippen molar-refractivity contribution in [1.29, 1.82) is 0 Å². The predicted molar refractivity (Wildman–Crippen MR) is 64.5 cm³/mol. The van der Waals surface area contributed by atoms with Crippen molar-refractivity contribution < 1.29 is 9.13 Å². The Labute approximate surface area is 101 Å². The minimum absolute atomic E-state index is 0.149. The van der Waals surface area contributed by atoms with E-state index in [0.29, 0.717) is 17.7 Å². The van der Waals surface area contributed by atoms with Gasteiger partial charge in [-0.2, -0.15) is 4.39 Å². The Kier molecular flexibility index (Phi) is 3.94. The second kappa shape index (κ2) is 5.45. The molecule has 1 unspecified atom stereocenters. The third-order valence-electron chi connectivity index (χ3n) is 3.00. The van der Waals surface area contributed by atoms with Gasteiger partial charge in [-0.15, -0.1) is 0 Å². The van der Waals surface area contributed by atoms with E-state index in [-0.39, 0.29) is 6.10 Å². The molecule has 0 radical (unpaired) electrons. The first-order chi connectivity index (χ1) is 8.15. The maximum absolute atomic E-state index is 12.7. The van der Waals surface area contributed by atoms with Crippen LogP contribution in [0.3, 0.4) is 0 Å². The first-order valence-electron chi connectivity index (χ1n) is 6.16. The molecule has 1 aromatic rings. The molecule has 0 aliphatic carbocycles. The van der Waals surface area contributed by atoms with Crippen LogP contribution < -0.4 is 10.1 Å². The van der Waals surface area contributed by atoms with Crippen LogP contribution in [0.1, 0.15) is 26.7 Å². The summed E-state index contributed by atoms with van der Waals surface area (Å²) in [5.74, 6) is 0.751. The van der Waals surface area contributed by atoms with Gasteiger partial charge in [0.1, 0.15) is 11.9 Å². The van der Waals surface area contributed by atoms with Crippen molar-refractivity contribution >= 4 is 0 Å². The molecule has 94 valence electrons. The monoisotopic (exact) mass is 238 g/mol. The zero-order valence-electron chi connectivity index (χ0n) is 10.3. The molecule has 0 bridgehead atoms. The Balaban J connectivity index is 1.98. The first kappa shape index (κ1) is 12.3. The maximum Gasteiger partial charge on any atom is 0.213 e. The third-order valence-corrected chi connectivity index (χ3v) is 3.00. The molecule has 2 atom stereocenters. The molecule has 4 heteroatoms.